The molecule has 0 bridgehead atoms. The summed E-state index contributed by atoms with van der Waals surface area (Å²) in [7, 11) is 0. The lowest BCUT2D eigenvalue weighted by molar-refractivity contribution is 0.102. The zero-order valence-corrected chi connectivity index (χ0v) is 13.0. The van der Waals surface area contributed by atoms with Gasteiger partial charge in [-0.1, -0.05) is 23.2 Å². The van der Waals surface area contributed by atoms with Crippen LogP contribution in [0.2, 0.25) is 10.0 Å². The average molecular weight is 351 g/mol. The molecule has 116 valence electrons. The Bertz CT molecular complexity index is 985. The number of anilines is 1. The van der Waals surface area contributed by atoms with Crippen molar-refractivity contribution in [3.63, 3.8) is 0 Å². The van der Waals surface area contributed by atoms with Crippen LogP contribution in [0.4, 0.5) is 10.1 Å². The molecule has 23 heavy (non-hydrogen) atoms. The van der Waals surface area contributed by atoms with Crippen molar-refractivity contribution >= 4 is 45.7 Å². The number of hydrogen-bond acceptors (Lipinski definition) is 2. The van der Waals surface area contributed by atoms with Crippen molar-refractivity contribution in [2.75, 3.05) is 5.32 Å². The Morgan fingerprint density at radius 3 is 2.61 bits per heavy atom. The molecule has 2 N–H and O–H groups in total. The molecule has 0 spiro atoms. The van der Waals surface area contributed by atoms with Gasteiger partial charge in [0.15, 0.2) is 0 Å². The number of carbonyl (C=O) groups excluding carboxylic acids is 1. The molecule has 3 aromatic rings. The van der Waals surface area contributed by atoms with Crippen molar-refractivity contribution in [1.29, 1.82) is 0 Å². The first-order chi connectivity index (χ1) is 10.9. The number of halogens is 3. The highest BCUT2D eigenvalue weighted by molar-refractivity contribution is 6.36. The van der Waals surface area contributed by atoms with Crippen LogP contribution < -0.4 is 10.9 Å². The Morgan fingerprint density at radius 1 is 1.09 bits per heavy atom. The summed E-state index contributed by atoms with van der Waals surface area (Å²) in [5.41, 5.74) is -0.0726. The van der Waals surface area contributed by atoms with Crippen LogP contribution in [0.15, 0.2) is 47.3 Å². The summed E-state index contributed by atoms with van der Waals surface area (Å²) >= 11 is 11.8. The van der Waals surface area contributed by atoms with E-state index in [0.717, 1.165) is 0 Å². The summed E-state index contributed by atoms with van der Waals surface area (Å²) in [4.78, 5) is 26.8. The van der Waals surface area contributed by atoms with Gasteiger partial charge in [0, 0.05) is 5.02 Å². The van der Waals surface area contributed by atoms with E-state index in [9.17, 15) is 14.0 Å². The number of aromatic nitrogens is 1. The smallest absolute Gasteiger partial charge is 0.261 e. The van der Waals surface area contributed by atoms with Crippen molar-refractivity contribution in [3.8, 4) is 0 Å². The molecule has 4 nitrogen and oxygen atoms in total. The number of hydrogen-bond donors (Lipinski definition) is 2. The highest BCUT2D eigenvalue weighted by Gasteiger charge is 2.14. The fourth-order valence-electron chi connectivity index (χ4n) is 2.12. The molecular weight excluding hydrogens is 342 g/mol. The Labute approximate surface area is 139 Å². The van der Waals surface area contributed by atoms with Crippen LogP contribution in [0.1, 0.15) is 10.4 Å². The van der Waals surface area contributed by atoms with Crippen LogP contribution in [0, 0.1) is 5.82 Å². The first kappa shape index (κ1) is 15.5. The van der Waals surface area contributed by atoms with E-state index in [2.05, 4.69) is 10.3 Å². The lowest BCUT2D eigenvalue weighted by atomic mass is 10.1. The third-order valence-electron chi connectivity index (χ3n) is 3.23. The van der Waals surface area contributed by atoms with E-state index in [4.69, 9.17) is 23.2 Å². The summed E-state index contributed by atoms with van der Waals surface area (Å²) in [6, 6.07) is 9.89. The van der Waals surface area contributed by atoms with Gasteiger partial charge in [0.1, 0.15) is 11.4 Å². The fourth-order valence-corrected chi connectivity index (χ4v) is 2.58. The minimum atomic E-state index is -0.623. The maximum atomic E-state index is 13.2. The van der Waals surface area contributed by atoms with Crippen LogP contribution in [-0.4, -0.2) is 10.9 Å². The molecule has 0 fully saturated rings. The van der Waals surface area contributed by atoms with Gasteiger partial charge in [0.2, 0.25) is 0 Å². The van der Waals surface area contributed by atoms with Crippen molar-refractivity contribution < 1.29 is 9.18 Å². The third-order valence-corrected chi connectivity index (χ3v) is 3.78. The van der Waals surface area contributed by atoms with Crippen molar-refractivity contribution in [2.24, 2.45) is 0 Å². The number of amides is 1. The summed E-state index contributed by atoms with van der Waals surface area (Å²) in [5.74, 6) is -1.10. The van der Waals surface area contributed by atoms with Gasteiger partial charge in [-0.05, 0) is 47.9 Å². The van der Waals surface area contributed by atoms with Crippen LogP contribution in [-0.2, 0) is 0 Å². The molecular formula is C16H9Cl2FN2O2. The Kier molecular flexibility index (Phi) is 4.07. The molecule has 0 saturated carbocycles. The molecule has 1 aromatic heterocycles. The van der Waals surface area contributed by atoms with Gasteiger partial charge < -0.3 is 10.3 Å². The van der Waals surface area contributed by atoms with Gasteiger partial charge in [-0.2, -0.15) is 0 Å². The molecule has 3 rings (SSSR count). The van der Waals surface area contributed by atoms with Crippen LogP contribution in [0.5, 0.6) is 0 Å². The normalized spacial score (nSPS) is 10.7. The van der Waals surface area contributed by atoms with Gasteiger partial charge in [-0.25, -0.2) is 4.39 Å². The van der Waals surface area contributed by atoms with Crippen LogP contribution >= 0.6 is 23.2 Å². The Morgan fingerprint density at radius 2 is 1.87 bits per heavy atom. The van der Waals surface area contributed by atoms with Crippen molar-refractivity contribution in [3.05, 3.63) is 74.2 Å². The summed E-state index contributed by atoms with van der Waals surface area (Å²) in [6.45, 7) is 0. The number of rotatable bonds is 2. The van der Waals surface area contributed by atoms with E-state index in [1.165, 1.54) is 36.4 Å². The molecule has 1 amide bonds. The van der Waals surface area contributed by atoms with E-state index < -0.39 is 17.3 Å². The second-order valence-corrected chi connectivity index (χ2v) is 5.67. The highest BCUT2D eigenvalue weighted by Crippen LogP contribution is 2.25. The Hall–Kier alpha value is -2.37. The van der Waals surface area contributed by atoms with Crippen molar-refractivity contribution in [2.45, 2.75) is 0 Å². The standard InChI is InChI=1S/C16H9Cl2FN2O2/c17-9-2-4-13(12(18)6-9)20-15(22)11-5-8-1-3-10(19)7-14(8)21-16(11)23/h1-7H,(H,20,22)(H,21,23). The molecule has 0 saturated heterocycles. The van der Waals surface area contributed by atoms with E-state index in [0.29, 0.717) is 21.6 Å². The van der Waals surface area contributed by atoms with E-state index in [-0.39, 0.29) is 10.6 Å². The molecule has 1 heterocycles. The number of fused-ring (bicyclic) bond motifs is 1. The highest BCUT2D eigenvalue weighted by atomic mass is 35.5. The lowest BCUT2D eigenvalue weighted by Crippen LogP contribution is -2.23. The summed E-state index contributed by atoms with van der Waals surface area (Å²) < 4.78 is 13.2. The third kappa shape index (κ3) is 3.21. The van der Waals surface area contributed by atoms with E-state index >= 15 is 0 Å². The monoisotopic (exact) mass is 350 g/mol. The van der Waals surface area contributed by atoms with Gasteiger partial charge >= 0.3 is 0 Å². The molecule has 2 aromatic carbocycles. The zero-order chi connectivity index (χ0) is 16.6. The number of nitrogens with one attached hydrogen (secondary N) is 2. The van der Waals surface area contributed by atoms with Gasteiger partial charge in [-0.3, -0.25) is 9.59 Å². The predicted octanol–water partition coefficient (Wildman–Crippen LogP) is 4.23. The number of H-pyrrole nitrogens is 1. The average Bonchev–Trinajstić information content (AvgIpc) is 2.49. The number of carbonyl (C=O) groups is 1. The minimum absolute atomic E-state index is 0.102. The molecule has 0 atom stereocenters. The van der Waals surface area contributed by atoms with Crippen LogP contribution in [0.3, 0.4) is 0 Å². The number of aromatic amines is 1. The van der Waals surface area contributed by atoms with Gasteiger partial charge in [0.05, 0.1) is 16.2 Å². The molecule has 0 radical (unpaired) electrons. The van der Waals surface area contributed by atoms with E-state index in [1.807, 2.05) is 0 Å². The SMILES string of the molecule is O=C(Nc1ccc(Cl)cc1Cl)c1cc2ccc(F)cc2[nH]c1=O. The first-order valence-corrected chi connectivity index (χ1v) is 7.28. The molecule has 7 heteroatoms. The maximum Gasteiger partial charge on any atom is 0.261 e. The maximum absolute atomic E-state index is 13.2. The second-order valence-electron chi connectivity index (χ2n) is 4.82. The summed E-state index contributed by atoms with van der Waals surface area (Å²) in [5, 5.41) is 3.77. The number of pyridine rings is 1. The molecule has 0 aliphatic heterocycles. The van der Waals surface area contributed by atoms with Gasteiger partial charge in [-0.15, -0.1) is 0 Å². The zero-order valence-electron chi connectivity index (χ0n) is 11.5. The second kappa shape index (κ2) is 6.02. The lowest BCUT2D eigenvalue weighted by Gasteiger charge is -2.08. The number of benzene rings is 2. The minimum Gasteiger partial charge on any atom is -0.321 e. The molecule has 0 aliphatic carbocycles. The quantitative estimate of drug-likeness (QED) is 0.726. The van der Waals surface area contributed by atoms with Gasteiger partial charge in [0.25, 0.3) is 11.5 Å². The predicted molar refractivity (Wildman–Crippen MR) is 88.9 cm³/mol. The summed E-state index contributed by atoms with van der Waals surface area (Å²) in [6.07, 6.45) is 0. The Balaban J connectivity index is 1.99. The topological polar surface area (TPSA) is 62.0 Å². The molecule has 0 unspecified atom stereocenters. The van der Waals surface area contributed by atoms with Crippen molar-refractivity contribution in [1.82, 2.24) is 4.98 Å². The van der Waals surface area contributed by atoms with Crippen LogP contribution in [0.25, 0.3) is 10.9 Å². The largest absolute Gasteiger partial charge is 0.321 e. The van der Waals surface area contributed by atoms with E-state index in [1.54, 1.807) is 6.07 Å². The molecule has 0 aliphatic rings. The first-order valence-electron chi connectivity index (χ1n) is 6.53. The fraction of sp³-hybridized carbons (Fsp3) is 0.